The maximum atomic E-state index is 12.5. The van der Waals surface area contributed by atoms with Crippen LogP contribution in [0.25, 0.3) is 0 Å². The molecule has 1 aliphatic heterocycles. The summed E-state index contributed by atoms with van der Waals surface area (Å²) in [5, 5.41) is 9.76. The molecule has 3 N–H and O–H groups in total. The van der Waals surface area contributed by atoms with Crippen LogP contribution in [0.3, 0.4) is 0 Å². The summed E-state index contributed by atoms with van der Waals surface area (Å²) in [6.07, 6.45) is 9.64. The molecular formula is C20H35N5O2. The molecule has 0 radical (unpaired) electrons. The van der Waals surface area contributed by atoms with Gasteiger partial charge in [-0.25, -0.2) is 0 Å². The summed E-state index contributed by atoms with van der Waals surface area (Å²) in [7, 11) is 1.77. The molecule has 0 spiro atoms. The van der Waals surface area contributed by atoms with Crippen LogP contribution < -0.4 is 16.0 Å². The van der Waals surface area contributed by atoms with Gasteiger partial charge in [0.2, 0.25) is 11.8 Å². The lowest BCUT2D eigenvalue weighted by atomic mass is 9.85. The van der Waals surface area contributed by atoms with E-state index in [2.05, 4.69) is 20.9 Å². The van der Waals surface area contributed by atoms with Crippen molar-refractivity contribution in [1.82, 2.24) is 20.9 Å². The van der Waals surface area contributed by atoms with Gasteiger partial charge in [-0.3, -0.25) is 14.6 Å². The Morgan fingerprint density at radius 1 is 0.963 bits per heavy atom. The van der Waals surface area contributed by atoms with E-state index in [0.717, 1.165) is 64.1 Å². The number of hydrogen-bond donors (Lipinski definition) is 3. The van der Waals surface area contributed by atoms with Crippen molar-refractivity contribution in [3.8, 4) is 0 Å². The number of carbonyl (C=O) groups excluding carboxylic acids is 2. The Balaban J connectivity index is 1.29. The lowest BCUT2D eigenvalue weighted by Crippen LogP contribution is -2.46. The smallest absolute Gasteiger partial charge is 0.225 e. The first-order valence-corrected chi connectivity index (χ1v) is 10.7. The molecule has 1 saturated heterocycles. The minimum absolute atomic E-state index is 0.210. The largest absolute Gasteiger partial charge is 0.356 e. The van der Waals surface area contributed by atoms with E-state index in [1.807, 2.05) is 4.90 Å². The van der Waals surface area contributed by atoms with Crippen LogP contribution >= 0.6 is 0 Å². The summed E-state index contributed by atoms with van der Waals surface area (Å²) in [4.78, 5) is 30.6. The molecule has 7 nitrogen and oxygen atoms in total. The Bertz CT molecular complexity index is 540. The van der Waals surface area contributed by atoms with Crippen LogP contribution in [0.2, 0.25) is 0 Å². The van der Waals surface area contributed by atoms with E-state index in [0.29, 0.717) is 12.5 Å². The zero-order chi connectivity index (χ0) is 19.1. The van der Waals surface area contributed by atoms with Crippen molar-refractivity contribution in [2.75, 3.05) is 33.2 Å². The quantitative estimate of drug-likeness (QED) is 0.354. The third-order valence-corrected chi connectivity index (χ3v) is 6.19. The van der Waals surface area contributed by atoms with E-state index in [1.54, 1.807) is 7.05 Å². The fourth-order valence-corrected chi connectivity index (χ4v) is 4.22. The summed E-state index contributed by atoms with van der Waals surface area (Å²) in [6, 6.07) is 0.264. The molecule has 2 amide bonds. The van der Waals surface area contributed by atoms with Gasteiger partial charge in [-0.1, -0.05) is 19.3 Å². The molecule has 0 aromatic carbocycles. The van der Waals surface area contributed by atoms with Crippen LogP contribution in [-0.4, -0.2) is 61.9 Å². The summed E-state index contributed by atoms with van der Waals surface area (Å²) in [6.45, 7) is 3.08. The van der Waals surface area contributed by atoms with E-state index in [9.17, 15) is 9.59 Å². The van der Waals surface area contributed by atoms with Gasteiger partial charge in [-0.2, -0.15) is 0 Å². The first kappa shape index (κ1) is 20.0. The highest BCUT2D eigenvalue weighted by Gasteiger charge is 2.32. The Hall–Kier alpha value is -1.79. The van der Waals surface area contributed by atoms with E-state index in [1.165, 1.54) is 19.3 Å². The van der Waals surface area contributed by atoms with Gasteiger partial charge in [0.15, 0.2) is 5.96 Å². The van der Waals surface area contributed by atoms with Crippen molar-refractivity contribution in [3.05, 3.63) is 0 Å². The number of likely N-dealkylation sites (tertiary alicyclic amines) is 1. The summed E-state index contributed by atoms with van der Waals surface area (Å²) in [5.74, 6) is 1.85. The second kappa shape index (κ2) is 9.95. The molecule has 27 heavy (non-hydrogen) atoms. The molecule has 0 aromatic rings. The Kier molecular flexibility index (Phi) is 7.35. The Labute approximate surface area is 162 Å². The molecule has 0 aromatic heterocycles. The van der Waals surface area contributed by atoms with E-state index in [-0.39, 0.29) is 23.8 Å². The van der Waals surface area contributed by atoms with Crippen molar-refractivity contribution >= 4 is 17.8 Å². The van der Waals surface area contributed by atoms with Crippen LogP contribution in [0, 0.1) is 11.8 Å². The third kappa shape index (κ3) is 5.59. The number of carbonyl (C=O) groups is 2. The van der Waals surface area contributed by atoms with Gasteiger partial charge in [0.1, 0.15) is 0 Å². The fraction of sp³-hybridized carbons (Fsp3) is 0.850. The Morgan fingerprint density at radius 3 is 2.33 bits per heavy atom. The molecule has 3 fully saturated rings. The average Bonchev–Trinajstić information content (AvgIpc) is 3.30. The molecule has 3 rings (SSSR count). The predicted octanol–water partition coefficient (Wildman–Crippen LogP) is 1.25. The first-order valence-electron chi connectivity index (χ1n) is 10.7. The molecule has 0 bridgehead atoms. The zero-order valence-electron chi connectivity index (χ0n) is 16.6. The monoisotopic (exact) mass is 377 g/mol. The van der Waals surface area contributed by atoms with Crippen molar-refractivity contribution in [3.63, 3.8) is 0 Å². The van der Waals surface area contributed by atoms with Crippen molar-refractivity contribution < 1.29 is 9.59 Å². The van der Waals surface area contributed by atoms with Crippen molar-refractivity contribution in [1.29, 1.82) is 0 Å². The van der Waals surface area contributed by atoms with Gasteiger partial charge in [-0.05, 0) is 38.5 Å². The minimum atomic E-state index is 0.210. The van der Waals surface area contributed by atoms with Crippen molar-refractivity contribution in [2.24, 2.45) is 16.8 Å². The number of aliphatic imine (C=N–C) groups is 1. The van der Waals surface area contributed by atoms with Crippen LogP contribution in [-0.2, 0) is 9.59 Å². The minimum Gasteiger partial charge on any atom is -0.356 e. The Morgan fingerprint density at radius 2 is 1.67 bits per heavy atom. The number of guanidine groups is 1. The summed E-state index contributed by atoms with van der Waals surface area (Å²) in [5.41, 5.74) is 0. The molecule has 1 atom stereocenters. The van der Waals surface area contributed by atoms with Crippen LogP contribution in [0.4, 0.5) is 0 Å². The standard InChI is InChI=1S/C20H35N5O2/c1-21-20(23-12-5-11-22-18(26)15-8-4-9-15)24-17-10-13-25(14-17)19(27)16-6-2-3-7-16/h15-17H,2-14H2,1H3,(H,22,26)(H2,21,23,24). The molecule has 7 heteroatoms. The number of amides is 2. The molecule has 2 saturated carbocycles. The highest BCUT2D eigenvalue weighted by molar-refractivity contribution is 5.81. The van der Waals surface area contributed by atoms with Crippen molar-refractivity contribution in [2.45, 2.75) is 63.8 Å². The highest BCUT2D eigenvalue weighted by atomic mass is 16.2. The molecule has 1 heterocycles. The zero-order valence-corrected chi connectivity index (χ0v) is 16.6. The van der Waals surface area contributed by atoms with Crippen LogP contribution in [0.15, 0.2) is 4.99 Å². The lowest BCUT2D eigenvalue weighted by molar-refractivity contribution is -0.134. The topological polar surface area (TPSA) is 85.8 Å². The summed E-state index contributed by atoms with van der Waals surface area (Å²) >= 11 is 0. The second-order valence-electron chi connectivity index (χ2n) is 8.17. The highest BCUT2D eigenvalue weighted by Crippen LogP contribution is 2.28. The van der Waals surface area contributed by atoms with Gasteiger partial charge in [0.05, 0.1) is 0 Å². The maximum Gasteiger partial charge on any atom is 0.225 e. The van der Waals surface area contributed by atoms with Crippen LogP contribution in [0.5, 0.6) is 0 Å². The maximum absolute atomic E-state index is 12.5. The SMILES string of the molecule is CN=C(NCCCNC(=O)C1CCC1)NC1CCN(C(=O)C2CCCC2)C1. The van der Waals surface area contributed by atoms with Gasteiger partial charge >= 0.3 is 0 Å². The fourth-order valence-electron chi connectivity index (χ4n) is 4.22. The second-order valence-corrected chi connectivity index (χ2v) is 8.17. The molecule has 1 unspecified atom stereocenters. The van der Waals surface area contributed by atoms with E-state index >= 15 is 0 Å². The van der Waals surface area contributed by atoms with Crippen LogP contribution in [0.1, 0.15) is 57.8 Å². The number of hydrogen-bond acceptors (Lipinski definition) is 3. The van der Waals surface area contributed by atoms with Gasteiger partial charge < -0.3 is 20.9 Å². The molecule has 152 valence electrons. The lowest BCUT2D eigenvalue weighted by Gasteiger charge is -2.24. The van der Waals surface area contributed by atoms with E-state index in [4.69, 9.17) is 0 Å². The molecule has 2 aliphatic carbocycles. The van der Waals surface area contributed by atoms with Gasteiger partial charge in [-0.15, -0.1) is 0 Å². The predicted molar refractivity (Wildman–Crippen MR) is 106 cm³/mol. The molecular weight excluding hydrogens is 342 g/mol. The molecule has 3 aliphatic rings. The van der Waals surface area contributed by atoms with E-state index < -0.39 is 0 Å². The third-order valence-electron chi connectivity index (χ3n) is 6.19. The normalized spacial score (nSPS) is 24.0. The summed E-state index contributed by atoms with van der Waals surface area (Å²) < 4.78 is 0. The average molecular weight is 378 g/mol. The number of nitrogens with one attached hydrogen (secondary N) is 3. The number of rotatable bonds is 7. The van der Waals surface area contributed by atoms with Gasteiger partial charge in [0.25, 0.3) is 0 Å². The number of nitrogens with zero attached hydrogens (tertiary/aromatic N) is 2. The first-order chi connectivity index (χ1) is 13.2. The van der Waals surface area contributed by atoms with Gasteiger partial charge in [0, 0.05) is 51.1 Å².